The molecular formula is C15H14F2O2. The molecule has 0 unspecified atom stereocenters. The zero-order valence-electron chi connectivity index (χ0n) is 10.8. The van der Waals surface area contributed by atoms with Crippen LogP contribution in [0.5, 0.6) is 0 Å². The molecule has 0 bridgehead atoms. The highest BCUT2D eigenvalue weighted by Gasteiger charge is 2.10. The van der Waals surface area contributed by atoms with Crippen molar-refractivity contribution in [2.75, 3.05) is 6.61 Å². The van der Waals surface area contributed by atoms with Crippen molar-refractivity contribution in [2.24, 2.45) is 0 Å². The van der Waals surface area contributed by atoms with Gasteiger partial charge in [-0.3, -0.25) is 4.79 Å². The summed E-state index contributed by atoms with van der Waals surface area (Å²) in [7, 11) is 0. The van der Waals surface area contributed by atoms with E-state index >= 15 is 0 Å². The molecule has 2 aromatic rings. The molecule has 0 amide bonds. The molecule has 0 fully saturated rings. The predicted molar refractivity (Wildman–Crippen MR) is 68.9 cm³/mol. The van der Waals surface area contributed by atoms with E-state index in [0.717, 1.165) is 11.6 Å². The van der Waals surface area contributed by atoms with Crippen molar-refractivity contribution in [1.29, 1.82) is 0 Å². The molecule has 0 radical (unpaired) electrons. The molecule has 0 N–H and O–H groups in total. The first-order chi connectivity index (χ1) is 9.01. The Hall–Kier alpha value is -1.97. The number of fused-ring (bicyclic) bond motifs is 1. The topological polar surface area (TPSA) is 26.3 Å². The Morgan fingerprint density at radius 2 is 1.89 bits per heavy atom. The molecule has 0 saturated heterocycles. The molecule has 2 nitrogen and oxygen atoms in total. The van der Waals surface area contributed by atoms with E-state index in [-0.39, 0.29) is 12.4 Å². The maximum atomic E-state index is 13.7. The molecule has 0 atom stereocenters. The number of carbonyl (C=O) groups excluding carboxylic acids is 1. The van der Waals surface area contributed by atoms with Gasteiger partial charge in [-0.15, -0.1) is 0 Å². The second-order valence-corrected chi connectivity index (χ2v) is 4.38. The van der Waals surface area contributed by atoms with Crippen LogP contribution in [0.3, 0.4) is 0 Å². The average molecular weight is 264 g/mol. The molecule has 19 heavy (non-hydrogen) atoms. The number of hydrogen-bond donors (Lipinski definition) is 0. The summed E-state index contributed by atoms with van der Waals surface area (Å²) < 4.78 is 31.8. The number of rotatable bonds is 3. The fraction of sp³-hybridized carbons (Fsp3) is 0.267. The number of halogens is 2. The molecule has 0 aromatic heterocycles. The van der Waals surface area contributed by atoms with Gasteiger partial charge in [0.05, 0.1) is 13.0 Å². The molecule has 0 heterocycles. The molecule has 100 valence electrons. The van der Waals surface area contributed by atoms with Gasteiger partial charge in [-0.1, -0.05) is 6.07 Å². The third-order valence-electron chi connectivity index (χ3n) is 2.90. The maximum Gasteiger partial charge on any atom is 0.310 e. The van der Waals surface area contributed by atoms with E-state index < -0.39 is 11.6 Å². The van der Waals surface area contributed by atoms with E-state index in [1.807, 2.05) is 0 Å². The summed E-state index contributed by atoms with van der Waals surface area (Å²) in [6, 6.07) is 5.45. The van der Waals surface area contributed by atoms with Gasteiger partial charge in [-0.25, -0.2) is 8.78 Å². The highest BCUT2D eigenvalue weighted by Crippen LogP contribution is 2.25. The highest BCUT2D eigenvalue weighted by atomic mass is 19.1. The van der Waals surface area contributed by atoms with Crippen LogP contribution in [0.2, 0.25) is 0 Å². The number of aryl methyl sites for hydroxylation is 1. The molecule has 0 saturated carbocycles. The molecule has 0 spiro atoms. The number of benzene rings is 2. The van der Waals surface area contributed by atoms with Crippen molar-refractivity contribution in [3.8, 4) is 0 Å². The SMILES string of the molecule is CCOC(=O)Cc1cc(C)c2cc(F)cc(F)c2c1. The van der Waals surface area contributed by atoms with Crippen LogP contribution in [-0.4, -0.2) is 12.6 Å². The zero-order chi connectivity index (χ0) is 14.0. The Bertz CT molecular complexity index is 636. The first-order valence-corrected chi connectivity index (χ1v) is 6.05. The summed E-state index contributed by atoms with van der Waals surface area (Å²) >= 11 is 0. The molecule has 0 aliphatic carbocycles. The van der Waals surface area contributed by atoms with E-state index in [0.29, 0.717) is 22.9 Å². The van der Waals surface area contributed by atoms with Crippen LogP contribution in [0.15, 0.2) is 24.3 Å². The fourth-order valence-electron chi connectivity index (χ4n) is 2.12. The lowest BCUT2D eigenvalue weighted by Gasteiger charge is -2.08. The third kappa shape index (κ3) is 2.89. The summed E-state index contributed by atoms with van der Waals surface area (Å²) in [6.45, 7) is 3.80. The minimum atomic E-state index is -0.621. The lowest BCUT2D eigenvalue weighted by atomic mass is 10.00. The standard InChI is InChI=1S/C15H14F2O2/c1-3-19-15(18)6-10-4-9(2)12-7-11(16)8-14(17)13(12)5-10/h4-5,7-8H,3,6H2,1-2H3. The third-order valence-corrected chi connectivity index (χ3v) is 2.90. The van der Waals surface area contributed by atoms with Crippen molar-refractivity contribution in [3.05, 3.63) is 47.0 Å². The Morgan fingerprint density at radius 1 is 1.16 bits per heavy atom. The van der Waals surface area contributed by atoms with Crippen molar-refractivity contribution < 1.29 is 18.3 Å². The molecule has 0 aliphatic heterocycles. The Kier molecular flexibility index (Phi) is 3.79. The lowest BCUT2D eigenvalue weighted by Crippen LogP contribution is -2.07. The average Bonchev–Trinajstić information content (AvgIpc) is 2.31. The van der Waals surface area contributed by atoms with Crippen LogP contribution in [0.1, 0.15) is 18.1 Å². The van der Waals surface area contributed by atoms with Crippen LogP contribution in [0.4, 0.5) is 8.78 Å². The summed E-state index contributed by atoms with van der Waals surface area (Å²) in [5.74, 6) is -1.58. The van der Waals surface area contributed by atoms with Gasteiger partial charge in [0.15, 0.2) is 0 Å². The fourth-order valence-corrected chi connectivity index (χ4v) is 2.12. The van der Waals surface area contributed by atoms with Crippen LogP contribution >= 0.6 is 0 Å². The molecule has 4 heteroatoms. The monoisotopic (exact) mass is 264 g/mol. The van der Waals surface area contributed by atoms with Crippen LogP contribution in [0, 0.1) is 18.6 Å². The van der Waals surface area contributed by atoms with Gasteiger partial charge in [-0.2, -0.15) is 0 Å². The quantitative estimate of drug-likeness (QED) is 0.793. The van der Waals surface area contributed by atoms with Crippen molar-refractivity contribution >= 4 is 16.7 Å². The zero-order valence-corrected chi connectivity index (χ0v) is 10.8. The summed E-state index contributed by atoms with van der Waals surface area (Å²) in [4.78, 5) is 11.4. The number of esters is 1. The van der Waals surface area contributed by atoms with Crippen LogP contribution < -0.4 is 0 Å². The van der Waals surface area contributed by atoms with E-state index in [4.69, 9.17) is 4.74 Å². The van der Waals surface area contributed by atoms with E-state index in [9.17, 15) is 13.6 Å². The van der Waals surface area contributed by atoms with Gasteiger partial charge in [0.2, 0.25) is 0 Å². The van der Waals surface area contributed by atoms with Crippen molar-refractivity contribution in [2.45, 2.75) is 20.3 Å². The van der Waals surface area contributed by atoms with Gasteiger partial charge in [0.1, 0.15) is 11.6 Å². The normalized spacial score (nSPS) is 10.7. The van der Waals surface area contributed by atoms with Crippen LogP contribution in [-0.2, 0) is 16.0 Å². The molecule has 0 aliphatic rings. The van der Waals surface area contributed by atoms with Crippen molar-refractivity contribution in [1.82, 2.24) is 0 Å². The van der Waals surface area contributed by atoms with Gasteiger partial charge >= 0.3 is 5.97 Å². The Balaban J connectivity index is 2.46. The first kappa shape index (κ1) is 13.5. The minimum Gasteiger partial charge on any atom is -0.466 e. The first-order valence-electron chi connectivity index (χ1n) is 6.05. The van der Waals surface area contributed by atoms with Crippen molar-refractivity contribution in [3.63, 3.8) is 0 Å². The summed E-state index contributed by atoms with van der Waals surface area (Å²) in [6.07, 6.45) is 0.0848. The molecule has 2 rings (SSSR count). The van der Waals surface area contributed by atoms with Gasteiger partial charge < -0.3 is 4.74 Å². The summed E-state index contributed by atoms with van der Waals surface area (Å²) in [5, 5.41) is 0.839. The predicted octanol–water partition coefficient (Wildman–Crippen LogP) is 3.53. The number of ether oxygens (including phenoxy) is 1. The Labute approximate surface area is 110 Å². The van der Waals surface area contributed by atoms with E-state index in [1.165, 1.54) is 6.07 Å². The highest BCUT2D eigenvalue weighted by molar-refractivity contribution is 5.88. The second kappa shape index (κ2) is 5.34. The van der Waals surface area contributed by atoms with Gasteiger partial charge in [0, 0.05) is 11.5 Å². The number of hydrogen-bond acceptors (Lipinski definition) is 2. The largest absolute Gasteiger partial charge is 0.466 e. The van der Waals surface area contributed by atoms with Gasteiger partial charge in [-0.05, 0) is 42.5 Å². The van der Waals surface area contributed by atoms with E-state index in [1.54, 1.807) is 26.0 Å². The molecular weight excluding hydrogens is 250 g/mol. The summed E-state index contributed by atoms with van der Waals surface area (Å²) in [5.41, 5.74) is 1.39. The smallest absolute Gasteiger partial charge is 0.310 e. The van der Waals surface area contributed by atoms with E-state index in [2.05, 4.69) is 0 Å². The van der Waals surface area contributed by atoms with Gasteiger partial charge in [0.25, 0.3) is 0 Å². The maximum absolute atomic E-state index is 13.7. The molecule has 2 aromatic carbocycles. The van der Waals surface area contributed by atoms with Crippen LogP contribution in [0.25, 0.3) is 10.8 Å². The minimum absolute atomic E-state index is 0.0848. The number of carbonyl (C=O) groups is 1. The second-order valence-electron chi connectivity index (χ2n) is 4.38. The Morgan fingerprint density at radius 3 is 2.58 bits per heavy atom. The lowest BCUT2D eigenvalue weighted by molar-refractivity contribution is -0.142.